The fraction of sp³-hybridized carbons (Fsp3) is 0.143. The van der Waals surface area contributed by atoms with E-state index in [2.05, 4.69) is 4.98 Å². The van der Waals surface area contributed by atoms with Gasteiger partial charge in [0.15, 0.2) is 0 Å². The molecule has 0 unspecified atom stereocenters. The highest BCUT2D eigenvalue weighted by atomic mass is 35.5. The molecule has 102 valence electrons. The van der Waals surface area contributed by atoms with E-state index in [4.69, 9.17) is 23.2 Å². The number of benzene rings is 1. The van der Waals surface area contributed by atoms with Crippen LogP contribution >= 0.6 is 35.0 Å². The Labute approximate surface area is 130 Å². The zero-order chi connectivity index (χ0) is 14.1. The van der Waals surface area contributed by atoms with Crippen molar-refractivity contribution >= 4 is 46.7 Å². The highest BCUT2D eigenvalue weighted by Crippen LogP contribution is 2.43. The molecule has 2 heterocycles. The molecule has 3 rings (SSSR count). The van der Waals surface area contributed by atoms with E-state index in [-0.39, 0.29) is 11.3 Å². The molecule has 1 aromatic carbocycles. The number of aromatic nitrogens is 1. The summed E-state index contributed by atoms with van der Waals surface area (Å²) >= 11 is 13.7. The van der Waals surface area contributed by atoms with Gasteiger partial charge in [0.2, 0.25) is 5.91 Å². The van der Waals surface area contributed by atoms with Crippen LogP contribution in [0.5, 0.6) is 0 Å². The van der Waals surface area contributed by atoms with Crippen LogP contribution in [0, 0.1) is 0 Å². The van der Waals surface area contributed by atoms with Crippen molar-refractivity contribution in [3.8, 4) is 0 Å². The van der Waals surface area contributed by atoms with Crippen molar-refractivity contribution in [3.63, 3.8) is 0 Å². The quantitative estimate of drug-likeness (QED) is 0.831. The molecule has 0 bridgehead atoms. The summed E-state index contributed by atoms with van der Waals surface area (Å²) in [5.74, 6) is 1.09. The first kappa shape index (κ1) is 13.7. The van der Waals surface area contributed by atoms with E-state index >= 15 is 0 Å². The van der Waals surface area contributed by atoms with Crippen LogP contribution in [0.3, 0.4) is 0 Å². The lowest BCUT2D eigenvalue weighted by Gasteiger charge is -2.24. The first-order valence-electron chi connectivity index (χ1n) is 5.96. The SMILES string of the molecule is O=C1CS[C@H](c2ccc(Cl)cc2Cl)N1c1ccccn1. The summed E-state index contributed by atoms with van der Waals surface area (Å²) in [6.45, 7) is 0. The lowest BCUT2D eigenvalue weighted by atomic mass is 10.2. The minimum absolute atomic E-state index is 0.0321. The van der Waals surface area contributed by atoms with Gasteiger partial charge >= 0.3 is 0 Å². The number of rotatable bonds is 2. The van der Waals surface area contributed by atoms with Crippen molar-refractivity contribution in [1.82, 2.24) is 4.98 Å². The first-order chi connectivity index (χ1) is 9.66. The standard InChI is InChI=1S/C14H10Cl2N2OS/c15-9-4-5-10(11(16)7-9)14-18(13(19)8-20-14)12-3-1-2-6-17-12/h1-7,14H,8H2/t14-/m1/s1. The molecule has 0 aliphatic carbocycles. The van der Waals surface area contributed by atoms with E-state index in [0.717, 1.165) is 5.56 Å². The van der Waals surface area contributed by atoms with Crippen LogP contribution in [0.2, 0.25) is 10.0 Å². The van der Waals surface area contributed by atoms with Crippen LogP contribution in [0.1, 0.15) is 10.9 Å². The van der Waals surface area contributed by atoms with Gasteiger partial charge in [0.05, 0.1) is 5.75 Å². The molecule has 0 N–H and O–H groups in total. The van der Waals surface area contributed by atoms with E-state index in [1.165, 1.54) is 11.8 Å². The van der Waals surface area contributed by atoms with Gasteiger partial charge in [-0.2, -0.15) is 0 Å². The van der Waals surface area contributed by atoms with Gasteiger partial charge in [-0.05, 0) is 24.3 Å². The number of pyridine rings is 1. The Balaban J connectivity index is 2.02. The number of hydrogen-bond donors (Lipinski definition) is 0. The zero-order valence-electron chi connectivity index (χ0n) is 10.3. The summed E-state index contributed by atoms with van der Waals surface area (Å²) in [6, 6.07) is 10.8. The summed E-state index contributed by atoms with van der Waals surface area (Å²) in [4.78, 5) is 18.1. The van der Waals surface area contributed by atoms with Gasteiger partial charge in [-0.25, -0.2) is 4.98 Å². The molecule has 1 aromatic heterocycles. The molecule has 0 spiro atoms. The van der Waals surface area contributed by atoms with E-state index in [9.17, 15) is 4.79 Å². The van der Waals surface area contributed by atoms with Gasteiger partial charge in [0, 0.05) is 21.8 Å². The molecule has 3 nitrogen and oxygen atoms in total. The monoisotopic (exact) mass is 324 g/mol. The highest BCUT2D eigenvalue weighted by molar-refractivity contribution is 8.00. The summed E-state index contributed by atoms with van der Waals surface area (Å²) in [5, 5.41) is 0.977. The number of nitrogens with zero attached hydrogens (tertiary/aromatic N) is 2. The molecule has 6 heteroatoms. The molecule has 1 saturated heterocycles. The first-order valence-corrected chi connectivity index (χ1v) is 7.77. The minimum Gasteiger partial charge on any atom is -0.279 e. The molecule has 1 amide bonds. The maximum atomic E-state index is 12.1. The third-order valence-corrected chi connectivity index (χ3v) is 4.75. The Morgan fingerprint density at radius 3 is 2.80 bits per heavy atom. The molecule has 1 aliphatic heterocycles. The van der Waals surface area contributed by atoms with Gasteiger partial charge in [-0.15, -0.1) is 11.8 Å². The molecular formula is C14H10Cl2N2OS. The normalized spacial score (nSPS) is 18.6. The molecule has 0 radical (unpaired) electrons. The molecule has 1 fully saturated rings. The lowest BCUT2D eigenvalue weighted by Crippen LogP contribution is -2.28. The van der Waals surface area contributed by atoms with Crippen molar-refractivity contribution < 1.29 is 4.79 Å². The van der Waals surface area contributed by atoms with Gasteiger partial charge < -0.3 is 0 Å². The molecule has 1 aliphatic rings. The van der Waals surface area contributed by atoms with Gasteiger partial charge in [0.25, 0.3) is 0 Å². The van der Waals surface area contributed by atoms with Crippen LogP contribution in [0.4, 0.5) is 5.82 Å². The fourth-order valence-corrected chi connectivity index (χ4v) is 3.88. The third kappa shape index (κ3) is 2.51. The second-order valence-corrected chi connectivity index (χ2v) is 6.19. The summed E-state index contributed by atoms with van der Waals surface area (Å²) in [6.07, 6.45) is 1.67. The number of amides is 1. The van der Waals surface area contributed by atoms with E-state index in [1.807, 2.05) is 24.3 Å². The van der Waals surface area contributed by atoms with E-state index in [0.29, 0.717) is 21.6 Å². The van der Waals surface area contributed by atoms with Gasteiger partial charge in [0.1, 0.15) is 11.2 Å². The fourth-order valence-electron chi connectivity index (χ4n) is 2.10. The van der Waals surface area contributed by atoms with Crippen molar-refractivity contribution in [1.29, 1.82) is 0 Å². The molecule has 0 saturated carbocycles. The van der Waals surface area contributed by atoms with Crippen molar-refractivity contribution in [3.05, 3.63) is 58.2 Å². The molecular weight excluding hydrogens is 315 g/mol. The Morgan fingerprint density at radius 1 is 1.25 bits per heavy atom. The molecule has 2 aromatic rings. The second-order valence-electron chi connectivity index (χ2n) is 4.28. The van der Waals surface area contributed by atoms with Crippen molar-refractivity contribution in [2.45, 2.75) is 5.37 Å². The maximum absolute atomic E-state index is 12.1. The van der Waals surface area contributed by atoms with Gasteiger partial charge in [-0.3, -0.25) is 9.69 Å². The predicted octanol–water partition coefficient (Wildman–Crippen LogP) is 4.17. The Bertz CT molecular complexity index is 651. The number of carbonyl (C=O) groups is 1. The van der Waals surface area contributed by atoms with Crippen molar-refractivity contribution in [2.75, 3.05) is 10.7 Å². The second kappa shape index (κ2) is 5.64. The van der Waals surface area contributed by atoms with E-state index < -0.39 is 0 Å². The molecule has 1 atom stereocenters. The predicted molar refractivity (Wildman–Crippen MR) is 83.4 cm³/mol. The number of hydrogen-bond acceptors (Lipinski definition) is 3. The Morgan fingerprint density at radius 2 is 2.10 bits per heavy atom. The minimum atomic E-state index is -0.165. The Hall–Kier alpha value is -1.23. The Kier molecular flexibility index (Phi) is 3.87. The average molecular weight is 325 g/mol. The maximum Gasteiger partial charge on any atom is 0.239 e. The van der Waals surface area contributed by atoms with Crippen LogP contribution in [-0.4, -0.2) is 16.6 Å². The van der Waals surface area contributed by atoms with Crippen LogP contribution < -0.4 is 4.90 Å². The topological polar surface area (TPSA) is 33.2 Å². The zero-order valence-corrected chi connectivity index (χ0v) is 12.6. The smallest absolute Gasteiger partial charge is 0.239 e. The molecule has 20 heavy (non-hydrogen) atoms. The summed E-state index contributed by atoms with van der Waals surface area (Å²) in [7, 11) is 0. The van der Waals surface area contributed by atoms with Crippen molar-refractivity contribution in [2.24, 2.45) is 0 Å². The van der Waals surface area contributed by atoms with E-state index in [1.54, 1.807) is 23.2 Å². The highest BCUT2D eigenvalue weighted by Gasteiger charge is 2.35. The number of carbonyl (C=O) groups excluding carboxylic acids is 1. The average Bonchev–Trinajstić information content (AvgIpc) is 2.81. The van der Waals surface area contributed by atoms with Crippen LogP contribution in [-0.2, 0) is 4.79 Å². The number of anilines is 1. The van der Waals surface area contributed by atoms with Gasteiger partial charge in [-0.1, -0.05) is 35.3 Å². The third-order valence-electron chi connectivity index (χ3n) is 2.99. The lowest BCUT2D eigenvalue weighted by molar-refractivity contribution is -0.115. The summed E-state index contributed by atoms with van der Waals surface area (Å²) in [5.41, 5.74) is 0.873. The summed E-state index contributed by atoms with van der Waals surface area (Å²) < 4.78 is 0. The van der Waals surface area contributed by atoms with Crippen LogP contribution in [0.25, 0.3) is 0 Å². The number of halogens is 2. The largest absolute Gasteiger partial charge is 0.279 e. The number of thioether (sulfide) groups is 1. The van der Waals surface area contributed by atoms with Crippen LogP contribution in [0.15, 0.2) is 42.6 Å².